The highest BCUT2D eigenvalue weighted by atomic mass is 32.1. The second-order valence-electron chi connectivity index (χ2n) is 4.58. The van der Waals surface area contributed by atoms with Gasteiger partial charge in [-0.15, -0.1) is 0 Å². The highest BCUT2D eigenvalue weighted by molar-refractivity contribution is 7.80. The smallest absolute Gasteiger partial charge is 0.122 e. The lowest BCUT2D eigenvalue weighted by Gasteiger charge is -2.20. The zero-order valence-corrected chi connectivity index (χ0v) is 11.5. The average Bonchev–Trinajstić information content (AvgIpc) is 3.19. The summed E-state index contributed by atoms with van der Waals surface area (Å²) in [5, 5.41) is 3.37. The van der Waals surface area contributed by atoms with Gasteiger partial charge in [0.25, 0.3) is 0 Å². The standard InChI is InChI=1S/C13H20N4S/c1-2-17(11-4-5-11)8-7-15-10-3-6-12(13(14)18)16-9-10/h3,6,9,11,15H,2,4-5,7-8H2,1H3,(H2,14,18). The molecule has 1 aliphatic carbocycles. The van der Waals surface area contributed by atoms with Crippen molar-refractivity contribution in [3.05, 3.63) is 24.0 Å². The number of rotatable bonds is 7. The molecule has 1 heterocycles. The molecule has 1 fully saturated rings. The summed E-state index contributed by atoms with van der Waals surface area (Å²) in [7, 11) is 0. The number of nitrogens with two attached hydrogens (primary N) is 1. The summed E-state index contributed by atoms with van der Waals surface area (Å²) >= 11 is 4.87. The van der Waals surface area contributed by atoms with E-state index in [4.69, 9.17) is 18.0 Å². The van der Waals surface area contributed by atoms with Crippen LogP contribution in [0.1, 0.15) is 25.5 Å². The molecule has 0 aromatic carbocycles. The Hall–Kier alpha value is -1.20. The first-order chi connectivity index (χ1) is 8.70. The highest BCUT2D eigenvalue weighted by Gasteiger charge is 2.26. The van der Waals surface area contributed by atoms with Crippen LogP contribution in [0.5, 0.6) is 0 Å². The van der Waals surface area contributed by atoms with Gasteiger partial charge >= 0.3 is 0 Å². The van der Waals surface area contributed by atoms with Crippen LogP contribution in [0.3, 0.4) is 0 Å². The van der Waals surface area contributed by atoms with E-state index in [1.807, 2.05) is 12.1 Å². The van der Waals surface area contributed by atoms with Gasteiger partial charge in [0, 0.05) is 19.1 Å². The third kappa shape index (κ3) is 3.65. The average molecular weight is 264 g/mol. The summed E-state index contributed by atoms with van der Waals surface area (Å²) in [6, 6.07) is 4.64. The van der Waals surface area contributed by atoms with Crippen LogP contribution in [0.4, 0.5) is 5.69 Å². The van der Waals surface area contributed by atoms with Crippen LogP contribution in [0, 0.1) is 0 Å². The van der Waals surface area contributed by atoms with E-state index >= 15 is 0 Å². The van der Waals surface area contributed by atoms with Crippen LogP contribution in [-0.4, -0.2) is 40.5 Å². The van der Waals surface area contributed by atoms with Gasteiger partial charge in [0.05, 0.1) is 17.6 Å². The lowest BCUT2D eigenvalue weighted by atomic mass is 10.3. The molecule has 1 aliphatic rings. The van der Waals surface area contributed by atoms with E-state index in [9.17, 15) is 0 Å². The molecule has 5 heteroatoms. The molecule has 3 N–H and O–H groups in total. The lowest BCUT2D eigenvalue weighted by Crippen LogP contribution is -2.30. The van der Waals surface area contributed by atoms with Crippen molar-refractivity contribution < 1.29 is 0 Å². The van der Waals surface area contributed by atoms with E-state index in [-0.39, 0.29) is 0 Å². The monoisotopic (exact) mass is 264 g/mol. The first kappa shape index (κ1) is 13.2. The van der Waals surface area contributed by atoms with Gasteiger partial charge in [-0.25, -0.2) is 0 Å². The molecule has 1 aromatic rings. The van der Waals surface area contributed by atoms with E-state index in [0.29, 0.717) is 10.7 Å². The number of thiocarbonyl (C=S) groups is 1. The fraction of sp³-hybridized carbons (Fsp3) is 0.538. The molecule has 0 bridgehead atoms. The van der Waals surface area contributed by atoms with Crippen molar-refractivity contribution in [2.45, 2.75) is 25.8 Å². The van der Waals surface area contributed by atoms with E-state index < -0.39 is 0 Å². The fourth-order valence-corrected chi connectivity index (χ4v) is 2.15. The largest absolute Gasteiger partial charge is 0.388 e. The second kappa shape index (κ2) is 6.11. The molecule has 0 aliphatic heterocycles. The zero-order valence-electron chi connectivity index (χ0n) is 10.7. The van der Waals surface area contributed by atoms with Crippen molar-refractivity contribution in [2.75, 3.05) is 25.0 Å². The number of likely N-dealkylation sites (N-methyl/N-ethyl adjacent to an activating group) is 1. The van der Waals surface area contributed by atoms with Gasteiger partial charge in [0.15, 0.2) is 0 Å². The minimum absolute atomic E-state index is 0.340. The Bertz CT molecular complexity index is 400. The van der Waals surface area contributed by atoms with Crippen LogP contribution in [-0.2, 0) is 0 Å². The molecular formula is C13H20N4S. The molecule has 18 heavy (non-hydrogen) atoms. The van der Waals surface area contributed by atoms with Crippen LogP contribution in [0.2, 0.25) is 0 Å². The molecule has 0 saturated heterocycles. The van der Waals surface area contributed by atoms with Gasteiger partial charge in [-0.2, -0.15) is 0 Å². The van der Waals surface area contributed by atoms with Gasteiger partial charge in [-0.05, 0) is 31.5 Å². The summed E-state index contributed by atoms with van der Waals surface area (Å²) < 4.78 is 0. The Morgan fingerprint density at radius 3 is 2.83 bits per heavy atom. The van der Waals surface area contributed by atoms with E-state index in [0.717, 1.165) is 31.4 Å². The van der Waals surface area contributed by atoms with Crippen molar-refractivity contribution in [1.29, 1.82) is 0 Å². The molecular weight excluding hydrogens is 244 g/mol. The van der Waals surface area contributed by atoms with Crippen LogP contribution >= 0.6 is 12.2 Å². The minimum Gasteiger partial charge on any atom is -0.388 e. The van der Waals surface area contributed by atoms with Crippen molar-refractivity contribution >= 4 is 22.9 Å². The third-order valence-corrected chi connectivity index (χ3v) is 3.42. The number of nitrogens with one attached hydrogen (secondary N) is 1. The van der Waals surface area contributed by atoms with Gasteiger partial charge in [-0.1, -0.05) is 19.1 Å². The first-order valence-corrected chi connectivity index (χ1v) is 6.85. The normalized spacial score (nSPS) is 14.8. The number of hydrogen-bond acceptors (Lipinski definition) is 4. The van der Waals surface area contributed by atoms with E-state index in [1.54, 1.807) is 6.20 Å². The molecule has 0 amide bonds. The third-order valence-electron chi connectivity index (χ3n) is 3.21. The molecule has 0 radical (unpaired) electrons. The Morgan fingerprint density at radius 1 is 1.56 bits per heavy atom. The van der Waals surface area contributed by atoms with Crippen molar-refractivity contribution in [2.24, 2.45) is 5.73 Å². The number of aromatic nitrogens is 1. The van der Waals surface area contributed by atoms with E-state index in [1.165, 1.54) is 12.8 Å². The molecule has 0 unspecified atom stereocenters. The molecule has 98 valence electrons. The minimum atomic E-state index is 0.340. The Morgan fingerprint density at radius 2 is 2.33 bits per heavy atom. The summed E-state index contributed by atoms with van der Waals surface area (Å²) in [6.07, 6.45) is 4.50. The second-order valence-corrected chi connectivity index (χ2v) is 5.02. The zero-order chi connectivity index (χ0) is 13.0. The first-order valence-electron chi connectivity index (χ1n) is 6.44. The van der Waals surface area contributed by atoms with E-state index in [2.05, 4.69) is 22.1 Å². The maximum Gasteiger partial charge on any atom is 0.122 e. The highest BCUT2D eigenvalue weighted by Crippen LogP contribution is 2.25. The number of pyridine rings is 1. The molecule has 4 nitrogen and oxygen atoms in total. The van der Waals surface area contributed by atoms with Gasteiger partial charge in [0.2, 0.25) is 0 Å². The number of hydrogen-bond donors (Lipinski definition) is 2. The predicted molar refractivity (Wildman–Crippen MR) is 78.9 cm³/mol. The summed E-state index contributed by atoms with van der Waals surface area (Å²) in [5.41, 5.74) is 7.19. The van der Waals surface area contributed by atoms with Crippen molar-refractivity contribution in [3.63, 3.8) is 0 Å². The quantitative estimate of drug-likeness (QED) is 0.733. The Balaban J connectivity index is 1.77. The number of anilines is 1. The Labute approximate surface area is 114 Å². The molecule has 0 atom stereocenters. The lowest BCUT2D eigenvalue weighted by molar-refractivity contribution is 0.289. The fourth-order valence-electron chi connectivity index (χ4n) is 2.03. The number of nitrogens with zero attached hydrogens (tertiary/aromatic N) is 2. The van der Waals surface area contributed by atoms with Crippen molar-refractivity contribution in [3.8, 4) is 0 Å². The van der Waals surface area contributed by atoms with Crippen LogP contribution in [0.25, 0.3) is 0 Å². The van der Waals surface area contributed by atoms with Gasteiger partial charge in [0.1, 0.15) is 4.99 Å². The summed E-state index contributed by atoms with van der Waals surface area (Å²) in [5.74, 6) is 0. The van der Waals surface area contributed by atoms with Crippen LogP contribution in [0.15, 0.2) is 18.3 Å². The Kier molecular flexibility index (Phi) is 4.49. The maximum atomic E-state index is 5.50. The topological polar surface area (TPSA) is 54.2 Å². The van der Waals surface area contributed by atoms with Gasteiger partial charge in [-0.3, -0.25) is 9.88 Å². The van der Waals surface area contributed by atoms with Crippen LogP contribution < -0.4 is 11.1 Å². The summed E-state index contributed by atoms with van der Waals surface area (Å²) in [4.78, 5) is 7.06. The maximum absolute atomic E-state index is 5.50. The van der Waals surface area contributed by atoms with Gasteiger partial charge < -0.3 is 11.1 Å². The molecule has 1 aromatic heterocycles. The molecule has 2 rings (SSSR count). The summed E-state index contributed by atoms with van der Waals surface area (Å²) in [6.45, 7) is 5.37. The van der Waals surface area contributed by atoms with Crippen molar-refractivity contribution in [1.82, 2.24) is 9.88 Å². The SMILES string of the molecule is CCN(CCNc1ccc(C(N)=S)nc1)C1CC1. The molecule has 0 spiro atoms. The predicted octanol–water partition coefficient (Wildman–Crippen LogP) is 1.61. The molecule has 1 saturated carbocycles.